The van der Waals surface area contributed by atoms with Gasteiger partial charge in [0.2, 0.25) is 5.91 Å². The van der Waals surface area contributed by atoms with E-state index in [1.54, 1.807) is 16.9 Å². The lowest BCUT2D eigenvalue weighted by atomic mass is 10.2. The fourth-order valence-corrected chi connectivity index (χ4v) is 4.38. The van der Waals surface area contributed by atoms with Crippen molar-refractivity contribution in [3.05, 3.63) is 90.3 Å². The van der Waals surface area contributed by atoms with Crippen LogP contribution in [-0.2, 0) is 4.79 Å². The highest BCUT2D eigenvalue weighted by Gasteiger charge is 2.22. The Labute approximate surface area is 215 Å². The van der Waals surface area contributed by atoms with Crippen LogP contribution in [0.5, 0.6) is 0 Å². The molecule has 3 heterocycles. The molecule has 9 nitrogen and oxygen atoms in total. The van der Waals surface area contributed by atoms with Crippen LogP contribution >= 0.6 is 0 Å². The third-order valence-electron chi connectivity index (χ3n) is 6.42. The van der Waals surface area contributed by atoms with Crippen LogP contribution in [0.4, 0.5) is 5.69 Å². The van der Waals surface area contributed by atoms with Gasteiger partial charge in [0, 0.05) is 51.0 Å². The Kier molecular flexibility index (Phi) is 7.32. The number of furan rings is 1. The number of aryl methyl sites for hydroxylation is 1. The van der Waals surface area contributed by atoms with Crippen molar-refractivity contribution in [2.45, 2.75) is 13.3 Å². The van der Waals surface area contributed by atoms with Crippen LogP contribution in [0.25, 0.3) is 17.1 Å². The van der Waals surface area contributed by atoms with Crippen LogP contribution in [0.3, 0.4) is 0 Å². The molecule has 2 aromatic carbocycles. The number of nitrogens with zero attached hydrogens (tertiary/aromatic N) is 4. The predicted molar refractivity (Wildman–Crippen MR) is 141 cm³/mol. The molecule has 5 rings (SSSR count). The monoisotopic (exact) mass is 498 g/mol. The Morgan fingerprint density at radius 3 is 2.19 bits per heavy atom. The first-order valence-electron chi connectivity index (χ1n) is 12.4. The molecule has 0 atom stereocenters. The number of nitrogens with one attached hydrogen (secondary N) is 2. The number of piperazine rings is 1. The van der Waals surface area contributed by atoms with Gasteiger partial charge in [0.15, 0.2) is 5.76 Å². The lowest BCUT2D eigenvalue weighted by Gasteiger charge is -2.36. The van der Waals surface area contributed by atoms with E-state index in [2.05, 4.69) is 37.9 Å². The van der Waals surface area contributed by atoms with E-state index in [1.165, 1.54) is 5.69 Å². The lowest BCUT2D eigenvalue weighted by Crippen LogP contribution is -2.48. The zero-order valence-electron chi connectivity index (χ0n) is 20.8. The van der Waals surface area contributed by atoms with E-state index in [0.717, 1.165) is 31.9 Å². The van der Waals surface area contributed by atoms with E-state index in [0.29, 0.717) is 35.7 Å². The molecule has 1 fully saturated rings. The van der Waals surface area contributed by atoms with Gasteiger partial charge in [-0.2, -0.15) is 5.10 Å². The minimum Gasteiger partial charge on any atom is -0.460 e. The molecule has 37 heavy (non-hydrogen) atoms. The number of rotatable bonds is 7. The first kappa shape index (κ1) is 24.3. The van der Waals surface area contributed by atoms with Gasteiger partial charge in [-0.3, -0.25) is 25.3 Å². The lowest BCUT2D eigenvalue weighted by molar-refractivity contribution is -0.122. The van der Waals surface area contributed by atoms with E-state index in [4.69, 9.17) is 4.42 Å². The minimum absolute atomic E-state index is 0.246. The van der Waals surface area contributed by atoms with E-state index >= 15 is 0 Å². The number of carbonyl (C=O) groups excluding carboxylic acids is 2. The van der Waals surface area contributed by atoms with Gasteiger partial charge in [-0.15, -0.1) is 0 Å². The average Bonchev–Trinajstić information content (AvgIpc) is 3.58. The number of aromatic nitrogens is 2. The van der Waals surface area contributed by atoms with Crippen LogP contribution in [0, 0.1) is 6.92 Å². The highest BCUT2D eigenvalue weighted by molar-refractivity contribution is 6.00. The molecular weight excluding hydrogens is 468 g/mol. The van der Waals surface area contributed by atoms with Crippen LogP contribution in [0.15, 0.2) is 83.4 Å². The molecule has 0 radical (unpaired) electrons. The smallest absolute Gasteiger partial charge is 0.273 e. The molecule has 0 bridgehead atoms. The molecule has 2 N–H and O–H groups in total. The summed E-state index contributed by atoms with van der Waals surface area (Å²) in [5, 5.41) is 4.58. The van der Waals surface area contributed by atoms with E-state index in [9.17, 15) is 9.59 Å². The molecule has 0 unspecified atom stereocenters. The summed E-state index contributed by atoms with van der Waals surface area (Å²) >= 11 is 0. The summed E-state index contributed by atoms with van der Waals surface area (Å²) in [6, 6.07) is 23.4. The van der Waals surface area contributed by atoms with Gasteiger partial charge in [0.1, 0.15) is 11.5 Å². The molecule has 0 aliphatic carbocycles. The number of para-hydroxylation sites is 2. The number of hydrazine groups is 1. The molecule has 2 aromatic heterocycles. The van der Waals surface area contributed by atoms with Crippen molar-refractivity contribution < 1.29 is 14.0 Å². The second-order valence-corrected chi connectivity index (χ2v) is 9.00. The van der Waals surface area contributed by atoms with Gasteiger partial charge >= 0.3 is 0 Å². The summed E-state index contributed by atoms with van der Waals surface area (Å²) < 4.78 is 7.35. The Hall–Kier alpha value is -4.37. The Morgan fingerprint density at radius 1 is 0.865 bits per heavy atom. The normalized spacial score (nSPS) is 13.9. The number of hydrogen-bond acceptors (Lipinski definition) is 6. The molecule has 0 saturated carbocycles. The van der Waals surface area contributed by atoms with Crippen LogP contribution in [-0.4, -0.2) is 59.2 Å². The van der Waals surface area contributed by atoms with Crippen molar-refractivity contribution in [3.63, 3.8) is 0 Å². The van der Waals surface area contributed by atoms with E-state index in [-0.39, 0.29) is 5.91 Å². The highest BCUT2D eigenvalue weighted by Crippen LogP contribution is 2.25. The molecule has 190 valence electrons. The second-order valence-electron chi connectivity index (χ2n) is 9.00. The number of carbonyl (C=O) groups is 2. The molecule has 2 amide bonds. The average molecular weight is 499 g/mol. The van der Waals surface area contributed by atoms with Gasteiger partial charge in [-0.05, 0) is 43.3 Å². The molecule has 0 spiro atoms. The maximum Gasteiger partial charge on any atom is 0.273 e. The number of hydrogen-bond donors (Lipinski definition) is 2. The zero-order chi connectivity index (χ0) is 25.6. The summed E-state index contributed by atoms with van der Waals surface area (Å²) in [4.78, 5) is 30.1. The molecule has 1 saturated heterocycles. The quantitative estimate of drug-likeness (QED) is 0.379. The Balaban J connectivity index is 1.16. The summed E-state index contributed by atoms with van der Waals surface area (Å²) in [5.74, 6) is 0.493. The van der Waals surface area contributed by atoms with E-state index in [1.807, 2.05) is 61.5 Å². The van der Waals surface area contributed by atoms with Gasteiger partial charge in [0.05, 0.1) is 11.3 Å². The van der Waals surface area contributed by atoms with Crippen LogP contribution in [0.1, 0.15) is 22.5 Å². The molecule has 4 aromatic rings. The summed E-state index contributed by atoms with van der Waals surface area (Å²) in [5.41, 5.74) is 7.82. The molecule has 9 heteroatoms. The van der Waals surface area contributed by atoms with Crippen molar-refractivity contribution in [1.82, 2.24) is 25.5 Å². The first-order valence-corrected chi connectivity index (χ1v) is 12.4. The number of benzene rings is 2. The van der Waals surface area contributed by atoms with Gasteiger partial charge in [-0.25, -0.2) is 4.68 Å². The van der Waals surface area contributed by atoms with E-state index < -0.39 is 5.91 Å². The van der Waals surface area contributed by atoms with Crippen LogP contribution < -0.4 is 15.8 Å². The fourth-order valence-electron chi connectivity index (χ4n) is 4.38. The van der Waals surface area contributed by atoms with Crippen molar-refractivity contribution >= 4 is 17.5 Å². The zero-order valence-corrected chi connectivity index (χ0v) is 20.8. The highest BCUT2D eigenvalue weighted by atomic mass is 16.3. The molecule has 1 aliphatic heterocycles. The maximum absolute atomic E-state index is 13.0. The van der Waals surface area contributed by atoms with Crippen molar-refractivity contribution in [2.75, 3.05) is 37.6 Å². The Bertz CT molecular complexity index is 1340. The molecular formula is C28H30N6O3. The first-order chi connectivity index (χ1) is 18.1. The number of amides is 2. The maximum atomic E-state index is 13.0. The summed E-state index contributed by atoms with van der Waals surface area (Å²) in [6.45, 7) is 6.08. The fraction of sp³-hybridized carbons (Fsp3) is 0.250. The van der Waals surface area contributed by atoms with Gasteiger partial charge in [-0.1, -0.05) is 36.4 Å². The third-order valence-corrected chi connectivity index (χ3v) is 6.42. The van der Waals surface area contributed by atoms with Crippen LogP contribution in [0.2, 0.25) is 0 Å². The number of anilines is 1. The summed E-state index contributed by atoms with van der Waals surface area (Å²) in [6.07, 6.45) is 1.93. The van der Waals surface area contributed by atoms with Gasteiger partial charge < -0.3 is 9.32 Å². The summed E-state index contributed by atoms with van der Waals surface area (Å²) in [7, 11) is 0. The Morgan fingerprint density at radius 2 is 1.54 bits per heavy atom. The minimum atomic E-state index is -0.462. The van der Waals surface area contributed by atoms with Gasteiger partial charge in [0.25, 0.3) is 5.91 Å². The topological polar surface area (TPSA) is 95.6 Å². The third kappa shape index (κ3) is 5.90. The SMILES string of the molecule is Cc1ccc(-c2nn(-c3ccccc3)cc2C(=O)NNC(=O)CCN2CCN(c3ccccc3)CC2)o1. The largest absolute Gasteiger partial charge is 0.460 e. The second kappa shape index (κ2) is 11.1. The standard InChI is InChI=1S/C28H30N6O3/c1-21-12-13-25(37-21)27-24(20-34(31-27)23-10-6-3-7-11-23)28(36)30-29-26(35)14-15-32-16-18-33(19-17-32)22-8-4-2-5-9-22/h2-13,20H,14-19H2,1H3,(H,29,35)(H,30,36). The molecule has 1 aliphatic rings. The predicted octanol–water partition coefficient (Wildman–Crippen LogP) is 3.41. The van der Waals surface area contributed by atoms with Crippen molar-refractivity contribution in [1.29, 1.82) is 0 Å². The van der Waals surface area contributed by atoms with Crippen molar-refractivity contribution in [2.24, 2.45) is 0 Å². The van der Waals surface area contributed by atoms with Crippen molar-refractivity contribution in [3.8, 4) is 17.1 Å².